The van der Waals surface area contributed by atoms with Crippen LogP contribution in [0.5, 0.6) is 0 Å². The Kier molecular flexibility index (Phi) is 11.5. The Balaban J connectivity index is 0.00000420. The van der Waals surface area contributed by atoms with Crippen LogP contribution in [0.15, 0.2) is 58.5 Å². The number of hydrogen-bond acceptors (Lipinski definition) is 2. The summed E-state index contributed by atoms with van der Waals surface area (Å²) in [6.45, 7) is 10.9. The molecule has 0 aliphatic rings. The van der Waals surface area contributed by atoms with Crippen LogP contribution in [-0.2, 0) is 42.2 Å². The molecule has 0 aliphatic heterocycles. The van der Waals surface area contributed by atoms with E-state index in [1.165, 1.54) is 22.3 Å². The Morgan fingerprint density at radius 1 is 0.690 bits per heavy atom. The Bertz CT molecular complexity index is 819. The van der Waals surface area contributed by atoms with Crippen LogP contribution >= 0.6 is 0 Å². The maximum absolute atomic E-state index is 4.89. The van der Waals surface area contributed by atoms with Gasteiger partial charge in [0.2, 0.25) is 0 Å². The molecule has 0 saturated carbocycles. The molecule has 0 aromatic heterocycles. The molecule has 0 fully saturated rings. The summed E-state index contributed by atoms with van der Waals surface area (Å²) in [6.07, 6.45) is 11.2. The SMILES string of the molecule is CC/C=C/C(/C=N/c1cc(CC)cc(CC)c1)=N\c1cc(CC)cc(CC)c1.[Ni]. The van der Waals surface area contributed by atoms with Gasteiger partial charge in [-0.3, -0.25) is 4.99 Å². The molecule has 0 spiro atoms. The van der Waals surface area contributed by atoms with Gasteiger partial charge in [0.25, 0.3) is 0 Å². The van der Waals surface area contributed by atoms with Crippen molar-refractivity contribution in [3.63, 3.8) is 0 Å². The van der Waals surface area contributed by atoms with E-state index < -0.39 is 0 Å². The second-order valence-electron chi connectivity index (χ2n) is 7.04. The van der Waals surface area contributed by atoms with E-state index in [0.717, 1.165) is 49.2 Å². The maximum Gasteiger partial charge on any atom is 0.0816 e. The molecule has 2 rings (SSSR count). The Morgan fingerprint density at radius 3 is 1.55 bits per heavy atom. The van der Waals surface area contributed by atoms with Crippen molar-refractivity contribution in [2.24, 2.45) is 9.98 Å². The van der Waals surface area contributed by atoms with Crippen molar-refractivity contribution in [2.45, 2.75) is 66.7 Å². The zero-order valence-corrected chi connectivity index (χ0v) is 19.4. The van der Waals surface area contributed by atoms with Crippen molar-refractivity contribution < 1.29 is 16.5 Å². The van der Waals surface area contributed by atoms with Gasteiger partial charge in [-0.05, 0) is 84.7 Å². The number of hydrogen-bond donors (Lipinski definition) is 0. The van der Waals surface area contributed by atoms with E-state index in [2.05, 4.69) is 83.2 Å². The minimum atomic E-state index is 0. The molecule has 0 aliphatic carbocycles. The predicted molar refractivity (Wildman–Crippen MR) is 125 cm³/mol. The van der Waals surface area contributed by atoms with E-state index in [0.29, 0.717) is 0 Å². The van der Waals surface area contributed by atoms with Crippen molar-refractivity contribution >= 4 is 23.3 Å². The van der Waals surface area contributed by atoms with Gasteiger partial charge in [0.15, 0.2) is 0 Å². The van der Waals surface area contributed by atoms with E-state index in [1.54, 1.807) is 0 Å². The number of rotatable bonds is 9. The summed E-state index contributed by atoms with van der Waals surface area (Å²) >= 11 is 0. The van der Waals surface area contributed by atoms with E-state index in [1.807, 2.05) is 6.21 Å². The Morgan fingerprint density at radius 2 is 1.14 bits per heavy atom. The van der Waals surface area contributed by atoms with Crippen molar-refractivity contribution in [3.05, 3.63) is 70.8 Å². The molecule has 0 amide bonds. The zero-order valence-electron chi connectivity index (χ0n) is 18.4. The zero-order chi connectivity index (χ0) is 20.4. The molecule has 29 heavy (non-hydrogen) atoms. The summed E-state index contributed by atoms with van der Waals surface area (Å²) in [6, 6.07) is 13.2. The van der Waals surface area contributed by atoms with E-state index >= 15 is 0 Å². The third-order valence-corrected chi connectivity index (χ3v) is 4.84. The first-order valence-corrected chi connectivity index (χ1v) is 10.7. The summed E-state index contributed by atoms with van der Waals surface area (Å²) in [4.78, 5) is 9.65. The molecule has 0 bridgehead atoms. The fraction of sp³-hybridized carbons (Fsp3) is 0.385. The fourth-order valence-electron chi connectivity index (χ4n) is 3.08. The van der Waals surface area contributed by atoms with Crippen LogP contribution in [0, 0.1) is 0 Å². The largest absolute Gasteiger partial charge is 0.255 e. The molecular formula is C26H34N2Ni. The molecular weight excluding hydrogens is 399 g/mol. The van der Waals surface area contributed by atoms with Gasteiger partial charge in [-0.2, -0.15) is 0 Å². The molecule has 0 unspecified atom stereocenters. The molecule has 0 radical (unpaired) electrons. The molecule has 2 nitrogen and oxygen atoms in total. The maximum atomic E-state index is 4.89. The summed E-state index contributed by atoms with van der Waals surface area (Å²) in [5.41, 5.74) is 8.22. The monoisotopic (exact) mass is 432 g/mol. The summed E-state index contributed by atoms with van der Waals surface area (Å²) in [5.74, 6) is 0. The number of aliphatic imine (C=N–C) groups is 2. The molecule has 0 saturated heterocycles. The average molecular weight is 433 g/mol. The molecule has 2 aromatic rings. The standard InChI is InChI=1S/C26H34N2.Ni/c1-6-11-12-24(28-26-17-22(9-4)14-23(10-5)18-26)19-27-25-15-20(7-2)13-21(8-3)16-25;/h11-19H,6-10H2,1-5H3;/b12-11+,27-19+,28-24+;. The molecule has 0 heterocycles. The van der Waals surface area contributed by atoms with E-state index in [-0.39, 0.29) is 16.5 Å². The van der Waals surface area contributed by atoms with Crippen molar-refractivity contribution in [3.8, 4) is 0 Å². The summed E-state index contributed by atoms with van der Waals surface area (Å²) in [7, 11) is 0. The van der Waals surface area contributed by atoms with Gasteiger partial charge in [-0.1, -0.05) is 52.8 Å². The fourth-order valence-corrected chi connectivity index (χ4v) is 3.08. The second-order valence-corrected chi connectivity index (χ2v) is 7.04. The molecule has 0 N–H and O–H groups in total. The number of benzene rings is 2. The molecule has 2 aromatic carbocycles. The van der Waals surface area contributed by atoms with Gasteiger partial charge in [-0.15, -0.1) is 0 Å². The van der Waals surface area contributed by atoms with Gasteiger partial charge in [0, 0.05) is 16.5 Å². The predicted octanol–water partition coefficient (Wildman–Crippen LogP) is 7.37. The second kappa shape index (κ2) is 13.3. The van der Waals surface area contributed by atoms with Crippen LogP contribution < -0.4 is 0 Å². The van der Waals surface area contributed by atoms with Crippen LogP contribution in [0.25, 0.3) is 0 Å². The van der Waals surface area contributed by atoms with Gasteiger partial charge in [0.1, 0.15) is 0 Å². The van der Waals surface area contributed by atoms with E-state index in [9.17, 15) is 0 Å². The van der Waals surface area contributed by atoms with Crippen molar-refractivity contribution in [1.29, 1.82) is 0 Å². The first kappa shape index (κ1) is 25.1. The van der Waals surface area contributed by atoms with Gasteiger partial charge in [-0.25, -0.2) is 4.99 Å². The van der Waals surface area contributed by atoms with Crippen LogP contribution in [0.3, 0.4) is 0 Å². The Labute approximate surface area is 187 Å². The summed E-state index contributed by atoms with van der Waals surface area (Å²) < 4.78 is 0. The molecule has 0 atom stereocenters. The van der Waals surface area contributed by atoms with Gasteiger partial charge < -0.3 is 0 Å². The normalized spacial score (nSPS) is 12.0. The quantitative estimate of drug-likeness (QED) is 0.291. The first-order valence-electron chi connectivity index (χ1n) is 10.7. The first-order chi connectivity index (χ1) is 13.6. The van der Waals surface area contributed by atoms with Gasteiger partial charge in [0.05, 0.1) is 23.3 Å². The molecule has 158 valence electrons. The smallest absolute Gasteiger partial charge is 0.0816 e. The summed E-state index contributed by atoms with van der Waals surface area (Å²) in [5, 5.41) is 0. The van der Waals surface area contributed by atoms with Crippen LogP contribution in [0.4, 0.5) is 11.4 Å². The van der Waals surface area contributed by atoms with Crippen LogP contribution in [-0.4, -0.2) is 11.9 Å². The molecule has 3 heteroatoms. The average Bonchev–Trinajstić information content (AvgIpc) is 2.74. The number of allylic oxidation sites excluding steroid dienone is 2. The van der Waals surface area contributed by atoms with Crippen LogP contribution in [0.2, 0.25) is 0 Å². The van der Waals surface area contributed by atoms with Crippen molar-refractivity contribution in [1.82, 2.24) is 0 Å². The van der Waals surface area contributed by atoms with Gasteiger partial charge >= 0.3 is 0 Å². The number of nitrogens with zero attached hydrogens (tertiary/aromatic N) is 2. The minimum absolute atomic E-state index is 0. The van der Waals surface area contributed by atoms with E-state index in [4.69, 9.17) is 9.98 Å². The topological polar surface area (TPSA) is 24.7 Å². The third kappa shape index (κ3) is 8.11. The Hall–Kier alpha value is -1.99. The van der Waals surface area contributed by atoms with Crippen molar-refractivity contribution in [2.75, 3.05) is 0 Å². The van der Waals surface area contributed by atoms with Crippen LogP contribution in [0.1, 0.15) is 63.3 Å². The third-order valence-electron chi connectivity index (χ3n) is 4.84. The minimum Gasteiger partial charge on any atom is -0.255 e. The number of aryl methyl sites for hydroxylation is 4.